The Balaban J connectivity index is 1.24. The van der Waals surface area contributed by atoms with Crippen LogP contribution in [0.3, 0.4) is 0 Å². The number of fused-ring (bicyclic) bond motifs is 2. The Hall–Kier alpha value is -3.19. The SMILES string of the molecule is O=Cc1cn2c(n1)CN(Cc1ccc(C3COc4cccnc4O3)cc1)CC2. The molecule has 0 N–H and O–H groups in total. The summed E-state index contributed by atoms with van der Waals surface area (Å²) < 4.78 is 13.8. The lowest BCUT2D eigenvalue weighted by Gasteiger charge is -2.28. The summed E-state index contributed by atoms with van der Waals surface area (Å²) in [4.78, 5) is 21.9. The van der Waals surface area contributed by atoms with E-state index >= 15 is 0 Å². The molecule has 7 nitrogen and oxygen atoms in total. The van der Waals surface area contributed by atoms with Gasteiger partial charge in [-0.2, -0.15) is 0 Å². The van der Waals surface area contributed by atoms with Crippen LogP contribution in [0.5, 0.6) is 11.6 Å². The van der Waals surface area contributed by atoms with Crippen LogP contribution in [0.2, 0.25) is 0 Å². The molecular weight excluding hydrogens is 356 g/mol. The van der Waals surface area contributed by atoms with E-state index in [9.17, 15) is 4.79 Å². The zero-order valence-electron chi connectivity index (χ0n) is 15.3. The maximum atomic E-state index is 10.9. The Morgan fingerprint density at radius 1 is 1.18 bits per heavy atom. The molecular formula is C21H20N4O3. The molecule has 3 aromatic rings. The first-order chi connectivity index (χ1) is 13.8. The van der Waals surface area contributed by atoms with Crippen LogP contribution in [-0.4, -0.2) is 38.9 Å². The van der Waals surface area contributed by atoms with Gasteiger partial charge in [-0.25, -0.2) is 9.97 Å². The van der Waals surface area contributed by atoms with Gasteiger partial charge >= 0.3 is 0 Å². The second kappa shape index (κ2) is 7.09. The van der Waals surface area contributed by atoms with Crippen LogP contribution >= 0.6 is 0 Å². The van der Waals surface area contributed by atoms with Crippen molar-refractivity contribution in [3.63, 3.8) is 0 Å². The predicted octanol–water partition coefficient (Wildman–Crippen LogP) is 2.62. The average Bonchev–Trinajstić information content (AvgIpc) is 3.16. The number of aldehydes is 1. The van der Waals surface area contributed by atoms with Gasteiger partial charge in [-0.1, -0.05) is 24.3 Å². The van der Waals surface area contributed by atoms with Crippen LogP contribution in [0, 0.1) is 0 Å². The molecule has 5 rings (SSSR count). The van der Waals surface area contributed by atoms with E-state index in [0.29, 0.717) is 23.9 Å². The fourth-order valence-corrected chi connectivity index (χ4v) is 3.68. The number of rotatable bonds is 4. The van der Waals surface area contributed by atoms with E-state index < -0.39 is 0 Å². The lowest BCUT2D eigenvalue weighted by Crippen LogP contribution is -2.33. The smallest absolute Gasteiger partial charge is 0.257 e. The van der Waals surface area contributed by atoms with E-state index in [4.69, 9.17) is 9.47 Å². The minimum absolute atomic E-state index is 0.152. The summed E-state index contributed by atoms with van der Waals surface area (Å²) in [6.07, 6.45) is 4.18. The van der Waals surface area contributed by atoms with Crippen molar-refractivity contribution in [3.8, 4) is 11.6 Å². The highest BCUT2D eigenvalue weighted by Gasteiger charge is 2.23. The molecule has 0 amide bonds. The molecule has 0 saturated heterocycles. The lowest BCUT2D eigenvalue weighted by molar-refractivity contribution is 0.0850. The van der Waals surface area contributed by atoms with Crippen LogP contribution in [0.25, 0.3) is 0 Å². The molecule has 2 aliphatic rings. The monoisotopic (exact) mass is 376 g/mol. The Morgan fingerprint density at radius 2 is 2.07 bits per heavy atom. The van der Waals surface area contributed by atoms with E-state index in [1.165, 1.54) is 5.56 Å². The second-order valence-electron chi connectivity index (χ2n) is 7.07. The first-order valence-corrected chi connectivity index (χ1v) is 9.35. The van der Waals surface area contributed by atoms with Gasteiger partial charge in [0.05, 0.1) is 6.54 Å². The van der Waals surface area contributed by atoms with Crippen molar-refractivity contribution in [2.45, 2.75) is 25.7 Å². The minimum atomic E-state index is -0.152. The zero-order valence-corrected chi connectivity index (χ0v) is 15.3. The van der Waals surface area contributed by atoms with Crippen LogP contribution in [0.4, 0.5) is 0 Å². The highest BCUT2D eigenvalue weighted by Crippen LogP contribution is 2.34. The lowest BCUT2D eigenvalue weighted by atomic mass is 10.1. The quantitative estimate of drug-likeness (QED) is 0.652. The predicted molar refractivity (Wildman–Crippen MR) is 101 cm³/mol. The molecule has 2 aliphatic heterocycles. The summed E-state index contributed by atoms with van der Waals surface area (Å²) in [5.74, 6) is 2.18. The molecule has 0 radical (unpaired) electrons. The van der Waals surface area contributed by atoms with Gasteiger partial charge in [-0.3, -0.25) is 9.69 Å². The van der Waals surface area contributed by atoms with E-state index in [1.807, 2.05) is 18.3 Å². The van der Waals surface area contributed by atoms with Crippen LogP contribution in [0.1, 0.15) is 33.5 Å². The number of carbonyl (C=O) groups is 1. The van der Waals surface area contributed by atoms with Gasteiger partial charge < -0.3 is 14.0 Å². The number of pyridine rings is 1. The Morgan fingerprint density at radius 3 is 2.93 bits per heavy atom. The molecule has 0 fully saturated rings. The number of ether oxygens (including phenoxy) is 2. The molecule has 1 atom stereocenters. The molecule has 7 heteroatoms. The maximum absolute atomic E-state index is 10.9. The van der Waals surface area contributed by atoms with Gasteiger partial charge in [-0.05, 0) is 23.3 Å². The number of aromatic nitrogens is 3. The largest absolute Gasteiger partial charge is 0.484 e. The van der Waals surface area contributed by atoms with Gasteiger partial charge in [0.25, 0.3) is 5.88 Å². The Kier molecular flexibility index (Phi) is 4.29. The summed E-state index contributed by atoms with van der Waals surface area (Å²) in [7, 11) is 0. The molecule has 4 heterocycles. The number of nitrogens with zero attached hydrogens (tertiary/aromatic N) is 4. The van der Waals surface area contributed by atoms with E-state index in [2.05, 4.69) is 43.7 Å². The summed E-state index contributed by atoms with van der Waals surface area (Å²) in [6, 6.07) is 12.1. The number of hydrogen-bond donors (Lipinski definition) is 0. The third kappa shape index (κ3) is 3.25. The third-order valence-corrected chi connectivity index (χ3v) is 5.16. The molecule has 28 heavy (non-hydrogen) atoms. The van der Waals surface area contributed by atoms with Crippen LogP contribution < -0.4 is 9.47 Å². The molecule has 0 saturated carbocycles. The van der Waals surface area contributed by atoms with E-state index in [-0.39, 0.29) is 6.10 Å². The van der Waals surface area contributed by atoms with Crippen molar-refractivity contribution in [2.24, 2.45) is 0 Å². The number of imidazole rings is 1. The molecule has 142 valence electrons. The highest BCUT2D eigenvalue weighted by molar-refractivity contribution is 5.71. The van der Waals surface area contributed by atoms with Gasteiger partial charge in [0.2, 0.25) is 0 Å². The number of hydrogen-bond acceptors (Lipinski definition) is 6. The molecule has 0 bridgehead atoms. The zero-order chi connectivity index (χ0) is 18.9. The molecule has 0 aliphatic carbocycles. The van der Waals surface area contributed by atoms with E-state index in [1.54, 1.807) is 6.20 Å². The number of carbonyl (C=O) groups excluding carboxylic acids is 1. The van der Waals surface area contributed by atoms with Gasteiger partial charge in [0.15, 0.2) is 18.1 Å². The molecule has 1 unspecified atom stereocenters. The standard InChI is InChI=1S/C21H20N4O3/c26-13-17-11-25-9-8-24(12-20(25)23-17)10-15-3-5-16(6-4-15)19-14-27-18-2-1-7-22-21(18)28-19/h1-7,11,13,19H,8-10,12,14H2. The van der Waals surface area contributed by atoms with Crippen molar-refractivity contribution in [2.75, 3.05) is 13.2 Å². The highest BCUT2D eigenvalue weighted by atomic mass is 16.6. The van der Waals surface area contributed by atoms with Crippen LogP contribution in [0.15, 0.2) is 48.8 Å². The third-order valence-electron chi connectivity index (χ3n) is 5.16. The first kappa shape index (κ1) is 16.9. The summed E-state index contributed by atoms with van der Waals surface area (Å²) in [5, 5.41) is 0. The minimum Gasteiger partial charge on any atom is -0.484 e. The first-order valence-electron chi connectivity index (χ1n) is 9.35. The van der Waals surface area contributed by atoms with Crippen LogP contribution in [-0.2, 0) is 19.6 Å². The van der Waals surface area contributed by atoms with Crippen molar-refractivity contribution < 1.29 is 14.3 Å². The fraction of sp³-hybridized carbons (Fsp3) is 0.286. The summed E-state index contributed by atoms with van der Waals surface area (Å²) in [5.41, 5.74) is 2.81. The second-order valence-corrected chi connectivity index (χ2v) is 7.07. The molecule has 0 spiro atoms. The molecule has 1 aromatic carbocycles. The fourth-order valence-electron chi connectivity index (χ4n) is 3.68. The van der Waals surface area contributed by atoms with Gasteiger partial charge in [0, 0.05) is 32.0 Å². The van der Waals surface area contributed by atoms with Crippen molar-refractivity contribution in [3.05, 3.63) is 71.4 Å². The normalized spacial score (nSPS) is 18.5. The number of benzene rings is 1. The van der Waals surface area contributed by atoms with Crippen molar-refractivity contribution in [1.82, 2.24) is 19.4 Å². The van der Waals surface area contributed by atoms with Crippen molar-refractivity contribution in [1.29, 1.82) is 0 Å². The van der Waals surface area contributed by atoms with E-state index in [0.717, 1.165) is 43.9 Å². The van der Waals surface area contributed by atoms with Gasteiger partial charge in [0.1, 0.15) is 18.1 Å². The maximum Gasteiger partial charge on any atom is 0.257 e. The average molecular weight is 376 g/mol. The summed E-state index contributed by atoms with van der Waals surface area (Å²) >= 11 is 0. The van der Waals surface area contributed by atoms with Gasteiger partial charge in [-0.15, -0.1) is 0 Å². The Labute approximate surface area is 162 Å². The van der Waals surface area contributed by atoms with Crippen molar-refractivity contribution >= 4 is 6.29 Å². The summed E-state index contributed by atoms with van der Waals surface area (Å²) in [6.45, 7) is 3.86. The molecule has 2 aromatic heterocycles. The Bertz CT molecular complexity index is 999. The topological polar surface area (TPSA) is 69.5 Å².